The minimum absolute atomic E-state index is 0.776. The first-order chi connectivity index (χ1) is 8.79. The molecule has 3 nitrogen and oxygen atoms in total. The summed E-state index contributed by atoms with van der Waals surface area (Å²) in [6.45, 7) is 7.95. The van der Waals surface area contributed by atoms with E-state index in [1.165, 1.54) is 32.1 Å². The van der Waals surface area contributed by atoms with Crippen molar-refractivity contribution in [2.75, 3.05) is 11.9 Å². The van der Waals surface area contributed by atoms with Gasteiger partial charge >= 0.3 is 0 Å². The number of anilines is 1. The molecule has 1 fully saturated rings. The number of imidazole rings is 1. The molecule has 1 heterocycles. The standard InChI is InChI=1S/C15H25N3/c1-3-9-16-15-17-10-12-18(15)11-8-14-6-4-13(2)5-7-14/h3,10,12-14H,1,4-9,11H2,2H3,(H,16,17). The molecule has 3 heteroatoms. The molecule has 0 saturated heterocycles. The van der Waals surface area contributed by atoms with Crippen LogP contribution in [0.5, 0.6) is 0 Å². The molecular weight excluding hydrogens is 222 g/mol. The fourth-order valence-corrected chi connectivity index (χ4v) is 2.76. The fraction of sp³-hybridized carbons (Fsp3) is 0.667. The van der Waals surface area contributed by atoms with Gasteiger partial charge in [0.1, 0.15) is 0 Å². The number of aryl methyl sites for hydroxylation is 1. The quantitative estimate of drug-likeness (QED) is 0.777. The molecule has 0 aliphatic heterocycles. The zero-order valence-corrected chi connectivity index (χ0v) is 11.4. The van der Waals surface area contributed by atoms with Crippen LogP contribution >= 0.6 is 0 Å². The highest BCUT2D eigenvalue weighted by Gasteiger charge is 2.18. The Labute approximate surface area is 110 Å². The molecular formula is C15H25N3. The Morgan fingerprint density at radius 1 is 1.44 bits per heavy atom. The van der Waals surface area contributed by atoms with Crippen molar-refractivity contribution in [2.45, 2.75) is 45.6 Å². The van der Waals surface area contributed by atoms with Gasteiger partial charge in [0.25, 0.3) is 0 Å². The largest absolute Gasteiger partial charge is 0.352 e. The van der Waals surface area contributed by atoms with Crippen LogP contribution in [0.1, 0.15) is 39.0 Å². The van der Waals surface area contributed by atoms with E-state index >= 15 is 0 Å². The summed E-state index contributed by atoms with van der Waals surface area (Å²) in [7, 11) is 0. The summed E-state index contributed by atoms with van der Waals surface area (Å²) in [6.07, 6.45) is 12.7. The summed E-state index contributed by atoms with van der Waals surface area (Å²) in [5.41, 5.74) is 0. The maximum Gasteiger partial charge on any atom is 0.203 e. The van der Waals surface area contributed by atoms with Crippen molar-refractivity contribution in [3.63, 3.8) is 0 Å². The Bertz CT molecular complexity index is 362. The Balaban J connectivity index is 1.79. The van der Waals surface area contributed by atoms with Gasteiger partial charge in [-0.25, -0.2) is 4.98 Å². The lowest BCUT2D eigenvalue weighted by Crippen LogP contribution is -2.15. The number of aromatic nitrogens is 2. The van der Waals surface area contributed by atoms with Crippen molar-refractivity contribution in [1.82, 2.24) is 9.55 Å². The number of rotatable bonds is 6. The number of nitrogens with one attached hydrogen (secondary N) is 1. The van der Waals surface area contributed by atoms with Crippen molar-refractivity contribution < 1.29 is 0 Å². The van der Waals surface area contributed by atoms with Gasteiger partial charge in [0.15, 0.2) is 0 Å². The van der Waals surface area contributed by atoms with Crippen LogP contribution < -0.4 is 5.32 Å². The normalized spacial score (nSPS) is 23.8. The molecule has 1 aromatic heterocycles. The summed E-state index contributed by atoms with van der Waals surface area (Å²) in [6, 6.07) is 0. The van der Waals surface area contributed by atoms with E-state index in [-0.39, 0.29) is 0 Å². The van der Waals surface area contributed by atoms with Gasteiger partial charge in [-0.2, -0.15) is 0 Å². The van der Waals surface area contributed by atoms with E-state index in [4.69, 9.17) is 0 Å². The minimum Gasteiger partial charge on any atom is -0.352 e. The topological polar surface area (TPSA) is 29.9 Å². The molecule has 0 amide bonds. The molecule has 0 spiro atoms. The number of hydrogen-bond donors (Lipinski definition) is 1. The maximum atomic E-state index is 4.33. The lowest BCUT2D eigenvalue weighted by molar-refractivity contribution is 0.269. The molecule has 0 radical (unpaired) electrons. The van der Waals surface area contributed by atoms with Crippen LogP contribution in [-0.2, 0) is 6.54 Å². The first-order valence-electron chi connectivity index (χ1n) is 7.15. The van der Waals surface area contributed by atoms with Crippen LogP contribution in [-0.4, -0.2) is 16.1 Å². The van der Waals surface area contributed by atoms with Crippen molar-refractivity contribution in [1.29, 1.82) is 0 Å². The summed E-state index contributed by atoms with van der Waals surface area (Å²) in [5, 5.41) is 3.27. The third kappa shape index (κ3) is 3.62. The average Bonchev–Trinajstić information content (AvgIpc) is 2.83. The maximum absolute atomic E-state index is 4.33. The summed E-state index contributed by atoms with van der Waals surface area (Å²) < 4.78 is 2.22. The van der Waals surface area contributed by atoms with Crippen molar-refractivity contribution in [3.05, 3.63) is 25.0 Å². The van der Waals surface area contributed by atoms with E-state index in [0.717, 1.165) is 30.9 Å². The highest BCUT2D eigenvalue weighted by molar-refractivity contribution is 5.26. The molecule has 2 rings (SSSR count). The van der Waals surface area contributed by atoms with E-state index in [1.54, 1.807) is 0 Å². The molecule has 18 heavy (non-hydrogen) atoms. The Kier molecular flexibility index (Phi) is 4.85. The molecule has 0 bridgehead atoms. The zero-order chi connectivity index (χ0) is 12.8. The predicted octanol–water partition coefficient (Wildman–Crippen LogP) is 3.70. The predicted molar refractivity (Wildman–Crippen MR) is 76.7 cm³/mol. The first kappa shape index (κ1) is 13.2. The zero-order valence-electron chi connectivity index (χ0n) is 11.4. The smallest absolute Gasteiger partial charge is 0.203 e. The van der Waals surface area contributed by atoms with Gasteiger partial charge in [0.05, 0.1) is 0 Å². The molecule has 0 unspecified atom stereocenters. The van der Waals surface area contributed by atoms with Gasteiger partial charge < -0.3 is 9.88 Å². The second-order valence-corrected chi connectivity index (χ2v) is 5.53. The fourth-order valence-electron chi connectivity index (χ4n) is 2.76. The highest BCUT2D eigenvalue weighted by atomic mass is 15.2. The second-order valence-electron chi connectivity index (χ2n) is 5.53. The lowest BCUT2D eigenvalue weighted by atomic mass is 9.81. The summed E-state index contributed by atoms with van der Waals surface area (Å²) in [5.74, 6) is 2.83. The van der Waals surface area contributed by atoms with Crippen LogP contribution in [0.3, 0.4) is 0 Å². The molecule has 1 aliphatic carbocycles. The minimum atomic E-state index is 0.776. The van der Waals surface area contributed by atoms with E-state index < -0.39 is 0 Å². The summed E-state index contributed by atoms with van der Waals surface area (Å²) >= 11 is 0. The van der Waals surface area contributed by atoms with Gasteiger partial charge in [-0.3, -0.25) is 0 Å². The Morgan fingerprint density at radius 3 is 2.94 bits per heavy atom. The number of hydrogen-bond acceptors (Lipinski definition) is 2. The van der Waals surface area contributed by atoms with Gasteiger partial charge in [-0.1, -0.05) is 38.7 Å². The van der Waals surface area contributed by atoms with Gasteiger partial charge in [0.2, 0.25) is 5.95 Å². The second kappa shape index (κ2) is 6.62. The third-order valence-corrected chi connectivity index (χ3v) is 4.03. The van der Waals surface area contributed by atoms with E-state index in [1.807, 2.05) is 12.3 Å². The SMILES string of the molecule is C=CCNc1nccn1CCC1CCC(C)CC1. The van der Waals surface area contributed by atoms with E-state index in [0.29, 0.717) is 0 Å². The molecule has 1 saturated carbocycles. The van der Waals surface area contributed by atoms with Crippen LogP contribution in [0.2, 0.25) is 0 Å². The monoisotopic (exact) mass is 247 g/mol. The van der Waals surface area contributed by atoms with Crippen LogP contribution in [0.4, 0.5) is 5.95 Å². The van der Waals surface area contributed by atoms with Crippen molar-refractivity contribution >= 4 is 5.95 Å². The van der Waals surface area contributed by atoms with Gasteiger partial charge in [-0.05, 0) is 18.3 Å². The Hall–Kier alpha value is -1.25. The lowest BCUT2D eigenvalue weighted by Gasteiger charge is -2.26. The molecule has 0 atom stereocenters. The molecule has 1 aliphatic rings. The van der Waals surface area contributed by atoms with E-state index in [2.05, 4.69) is 34.6 Å². The van der Waals surface area contributed by atoms with Crippen LogP contribution in [0.15, 0.2) is 25.0 Å². The van der Waals surface area contributed by atoms with Gasteiger partial charge in [-0.15, -0.1) is 6.58 Å². The highest BCUT2D eigenvalue weighted by Crippen LogP contribution is 2.30. The van der Waals surface area contributed by atoms with Crippen LogP contribution in [0, 0.1) is 11.8 Å². The molecule has 1 aromatic rings. The van der Waals surface area contributed by atoms with Crippen molar-refractivity contribution in [2.24, 2.45) is 11.8 Å². The first-order valence-corrected chi connectivity index (χ1v) is 7.15. The van der Waals surface area contributed by atoms with Crippen LogP contribution in [0.25, 0.3) is 0 Å². The number of nitrogens with zero attached hydrogens (tertiary/aromatic N) is 2. The van der Waals surface area contributed by atoms with Crippen molar-refractivity contribution in [3.8, 4) is 0 Å². The summed E-state index contributed by atoms with van der Waals surface area (Å²) in [4.78, 5) is 4.33. The average molecular weight is 247 g/mol. The molecule has 100 valence electrons. The van der Waals surface area contributed by atoms with Gasteiger partial charge in [0, 0.05) is 25.5 Å². The third-order valence-electron chi connectivity index (χ3n) is 4.03. The molecule has 0 aromatic carbocycles. The molecule has 1 N–H and O–H groups in total. The Morgan fingerprint density at radius 2 is 2.22 bits per heavy atom. The van der Waals surface area contributed by atoms with E-state index in [9.17, 15) is 0 Å².